The Hall–Kier alpha value is -1.95. The number of halogens is 1. The highest BCUT2D eigenvalue weighted by Gasteiger charge is 2.29. The molecule has 0 unspecified atom stereocenters. The highest BCUT2D eigenvalue weighted by Crippen LogP contribution is 2.38. The van der Waals surface area contributed by atoms with Crippen LogP contribution in [-0.4, -0.2) is 28.4 Å². The Morgan fingerprint density at radius 2 is 2.25 bits per heavy atom. The van der Waals surface area contributed by atoms with Crippen molar-refractivity contribution in [3.8, 4) is 0 Å². The molecule has 2 aromatic rings. The molecule has 0 spiro atoms. The number of anilines is 1. The lowest BCUT2D eigenvalue weighted by atomic mass is 10.2. The zero-order chi connectivity index (χ0) is 13.9. The average Bonchev–Trinajstić information content (AvgIpc) is 3.19. The maximum absolute atomic E-state index is 13.3. The lowest BCUT2D eigenvalue weighted by molar-refractivity contribution is 0.300. The number of aliphatic hydroxyl groups is 1. The topological polar surface area (TPSA) is 62.4 Å². The maximum atomic E-state index is 13.3. The highest BCUT2D eigenvalue weighted by molar-refractivity contribution is 5.46. The van der Waals surface area contributed by atoms with Gasteiger partial charge in [-0.15, -0.1) is 0 Å². The standard InChI is InChI=1S/C14H16FN3O2/c15-11-2-1-3-12(8-11)18(6-7-19)9-13-16-14(20-17-13)10-4-5-10/h1-3,8,10,19H,4-7,9H2. The van der Waals surface area contributed by atoms with E-state index in [1.165, 1.54) is 12.1 Å². The predicted octanol–water partition coefficient (Wildman–Crippen LogP) is 2.08. The van der Waals surface area contributed by atoms with Crippen molar-refractivity contribution in [3.63, 3.8) is 0 Å². The van der Waals surface area contributed by atoms with Crippen LogP contribution in [0.2, 0.25) is 0 Å². The summed E-state index contributed by atoms with van der Waals surface area (Å²) in [6, 6.07) is 6.25. The Morgan fingerprint density at radius 3 is 2.95 bits per heavy atom. The quantitative estimate of drug-likeness (QED) is 0.876. The third-order valence-electron chi connectivity index (χ3n) is 3.29. The Morgan fingerprint density at radius 1 is 1.40 bits per heavy atom. The summed E-state index contributed by atoms with van der Waals surface area (Å²) in [6.07, 6.45) is 2.21. The van der Waals surface area contributed by atoms with Gasteiger partial charge >= 0.3 is 0 Å². The molecule has 0 saturated heterocycles. The summed E-state index contributed by atoms with van der Waals surface area (Å²) < 4.78 is 18.5. The van der Waals surface area contributed by atoms with Gasteiger partial charge in [-0.05, 0) is 31.0 Å². The zero-order valence-electron chi connectivity index (χ0n) is 11.0. The Balaban J connectivity index is 1.75. The Kier molecular flexibility index (Phi) is 3.64. The number of hydrogen-bond donors (Lipinski definition) is 1. The first-order chi connectivity index (χ1) is 9.76. The molecule has 0 amide bonds. The van der Waals surface area contributed by atoms with Crippen LogP contribution in [0.5, 0.6) is 0 Å². The third-order valence-corrected chi connectivity index (χ3v) is 3.29. The van der Waals surface area contributed by atoms with E-state index >= 15 is 0 Å². The molecule has 1 saturated carbocycles. The van der Waals surface area contributed by atoms with Gasteiger partial charge in [-0.1, -0.05) is 11.2 Å². The van der Waals surface area contributed by atoms with E-state index in [1.54, 1.807) is 12.1 Å². The summed E-state index contributed by atoms with van der Waals surface area (Å²) in [5, 5.41) is 13.1. The van der Waals surface area contributed by atoms with Crippen molar-refractivity contribution >= 4 is 5.69 Å². The minimum absolute atomic E-state index is 0.0240. The number of hydrogen-bond acceptors (Lipinski definition) is 5. The van der Waals surface area contributed by atoms with Crippen LogP contribution in [0.25, 0.3) is 0 Å². The third kappa shape index (κ3) is 2.96. The van der Waals surface area contributed by atoms with Gasteiger partial charge in [0, 0.05) is 18.2 Å². The molecule has 1 aromatic heterocycles. The monoisotopic (exact) mass is 277 g/mol. The fourth-order valence-corrected chi connectivity index (χ4v) is 2.09. The second-order valence-corrected chi connectivity index (χ2v) is 4.95. The molecular formula is C14H16FN3O2. The van der Waals surface area contributed by atoms with E-state index in [0.29, 0.717) is 36.4 Å². The molecule has 1 aromatic carbocycles. The minimum atomic E-state index is -0.308. The van der Waals surface area contributed by atoms with Crippen LogP contribution in [-0.2, 0) is 6.54 Å². The first-order valence-electron chi connectivity index (χ1n) is 6.70. The van der Waals surface area contributed by atoms with Gasteiger partial charge in [0.25, 0.3) is 0 Å². The first-order valence-corrected chi connectivity index (χ1v) is 6.70. The summed E-state index contributed by atoms with van der Waals surface area (Å²) in [4.78, 5) is 6.17. The minimum Gasteiger partial charge on any atom is -0.395 e. The van der Waals surface area contributed by atoms with Crippen molar-refractivity contribution < 1.29 is 14.0 Å². The Bertz CT molecular complexity index is 583. The molecule has 3 rings (SSSR count). The first kappa shape index (κ1) is 13.1. The normalized spacial score (nSPS) is 14.5. The molecule has 6 heteroatoms. The molecule has 5 nitrogen and oxygen atoms in total. The molecule has 20 heavy (non-hydrogen) atoms. The number of aliphatic hydroxyl groups excluding tert-OH is 1. The van der Waals surface area contributed by atoms with E-state index in [1.807, 2.05) is 4.90 Å². The summed E-state index contributed by atoms with van der Waals surface area (Å²) in [5.41, 5.74) is 0.692. The van der Waals surface area contributed by atoms with Crippen molar-refractivity contribution in [2.45, 2.75) is 25.3 Å². The fraction of sp³-hybridized carbons (Fsp3) is 0.429. The van der Waals surface area contributed by atoms with E-state index in [2.05, 4.69) is 10.1 Å². The van der Waals surface area contributed by atoms with Crippen LogP contribution in [0, 0.1) is 5.82 Å². The molecule has 0 atom stereocenters. The number of aromatic nitrogens is 2. The summed E-state index contributed by atoms with van der Waals surface area (Å²) in [6.45, 7) is 0.751. The number of benzene rings is 1. The van der Waals surface area contributed by atoms with Crippen LogP contribution in [0.15, 0.2) is 28.8 Å². The molecule has 1 aliphatic rings. The zero-order valence-corrected chi connectivity index (χ0v) is 11.0. The number of nitrogens with zero attached hydrogens (tertiary/aromatic N) is 3. The molecule has 106 valence electrons. The van der Waals surface area contributed by atoms with E-state index < -0.39 is 0 Å². The van der Waals surface area contributed by atoms with Crippen molar-refractivity contribution in [2.75, 3.05) is 18.1 Å². The summed E-state index contributed by atoms with van der Waals surface area (Å²) in [7, 11) is 0. The van der Waals surface area contributed by atoms with Gasteiger partial charge in [-0.25, -0.2) is 4.39 Å². The summed E-state index contributed by atoms with van der Waals surface area (Å²) >= 11 is 0. The van der Waals surface area contributed by atoms with Gasteiger partial charge < -0.3 is 14.5 Å². The second kappa shape index (κ2) is 5.58. The molecule has 1 N–H and O–H groups in total. The van der Waals surface area contributed by atoms with Crippen LogP contribution >= 0.6 is 0 Å². The lowest BCUT2D eigenvalue weighted by Crippen LogP contribution is -2.26. The van der Waals surface area contributed by atoms with Crippen molar-refractivity contribution in [1.29, 1.82) is 0 Å². The molecule has 1 aliphatic carbocycles. The van der Waals surface area contributed by atoms with Gasteiger partial charge in [0.05, 0.1) is 13.2 Å². The molecular weight excluding hydrogens is 261 g/mol. The highest BCUT2D eigenvalue weighted by atomic mass is 19.1. The van der Waals surface area contributed by atoms with E-state index in [9.17, 15) is 4.39 Å². The molecule has 0 radical (unpaired) electrons. The van der Waals surface area contributed by atoms with Gasteiger partial charge in [0.1, 0.15) is 5.82 Å². The predicted molar refractivity (Wildman–Crippen MR) is 70.8 cm³/mol. The average molecular weight is 277 g/mol. The van der Waals surface area contributed by atoms with Crippen molar-refractivity contribution in [1.82, 2.24) is 10.1 Å². The largest absolute Gasteiger partial charge is 0.395 e. The van der Waals surface area contributed by atoms with Crippen molar-refractivity contribution in [3.05, 3.63) is 41.8 Å². The molecule has 1 fully saturated rings. The van der Waals surface area contributed by atoms with Crippen LogP contribution in [0.1, 0.15) is 30.5 Å². The fourth-order valence-electron chi connectivity index (χ4n) is 2.09. The molecule has 0 aliphatic heterocycles. The van der Waals surface area contributed by atoms with Gasteiger partial charge in [-0.2, -0.15) is 4.98 Å². The lowest BCUT2D eigenvalue weighted by Gasteiger charge is -2.22. The van der Waals surface area contributed by atoms with E-state index in [-0.39, 0.29) is 12.4 Å². The number of rotatable bonds is 6. The SMILES string of the molecule is OCCN(Cc1noc(C2CC2)n1)c1cccc(F)c1. The van der Waals surface area contributed by atoms with Crippen LogP contribution in [0.3, 0.4) is 0 Å². The maximum Gasteiger partial charge on any atom is 0.229 e. The van der Waals surface area contributed by atoms with Crippen LogP contribution < -0.4 is 4.90 Å². The van der Waals surface area contributed by atoms with Crippen molar-refractivity contribution in [2.24, 2.45) is 0 Å². The van der Waals surface area contributed by atoms with E-state index in [4.69, 9.17) is 9.63 Å². The van der Waals surface area contributed by atoms with Gasteiger partial charge in [0.15, 0.2) is 5.82 Å². The Labute approximate surface area is 116 Å². The van der Waals surface area contributed by atoms with Crippen LogP contribution in [0.4, 0.5) is 10.1 Å². The van der Waals surface area contributed by atoms with Gasteiger partial charge in [0.2, 0.25) is 5.89 Å². The van der Waals surface area contributed by atoms with Gasteiger partial charge in [-0.3, -0.25) is 0 Å². The molecule has 1 heterocycles. The smallest absolute Gasteiger partial charge is 0.229 e. The van der Waals surface area contributed by atoms with E-state index in [0.717, 1.165) is 12.8 Å². The summed E-state index contributed by atoms with van der Waals surface area (Å²) in [5.74, 6) is 1.35. The molecule has 0 bridgehead atoms. The second-order valence-electron chi connectivity index (χ2n) is 4.95.